The SMILES string of the molecule is CC1CC1C(=O)Nc1cccc(C(=O)NCCO)c1. The normalized spacial score (nSPS) is 20.7. The van der Waals surface area contributed by atoms with E-state index in [1.165, 1.54) is 0 Å². The fourth-order valence-corrected chi connectivity index (χ4v) is 1.93. The van der Waals surface area contributed by atoms with Crippen molar-refractivity contribution in [3.63, 3.8) is 0 Å². The smallest absolute Gasteiger partial charge is 0.251 e. The fourth-order valence-electron chi connectivity index (χ4n) is 1.93. The molecule has 1 aromatic carbocycles. The first-order valence-electron chi connectivity index (χ1n) is 6.42. The summed E-state index contributed by atoms with van der Waals surface area (Å²) in [7, 11) is 0. The lowest BCUT2D eigenvalue weighted by molar-refractivity contribution is -0.117. The molecule has 0 aliphatic heterocycles. The molecule has 102 valence electrons. The number of benzene rings is 1. The minimum Gasteiger partial charge on any atom is -0.395 e. The molecule has 1 aromatic rings. The van der Waals surface area contributed by atoms with E-state index in [1.54, 1.807) is 24.3 Å². The van der Waals surface area contributed by atoms with Gasteiger partial charge in [0.25, 0.3) is 5.91 Å². The van der Waals surface area contributed by atoms with E-state index in [9.17, 15) is 9.59 Å². The Morgan fingerprint density at radius 1 is 1.42 bits per heavy atom. The Balaban J connectivity index is 1.98. The van der Waals surface area contributed by atoms with Crippen molar-refractivity contribution >= 4 is 17.5 Å². The molecule has 1 aliphatic carbocycles. The van der Waals surface area contributed by atoms with Crippen LogP contribution in [0.2, 0.25) is 0 Å². The maximum absolute atomic E-state index is 11.8. The molecule has 0 spiro atoms. The summed E-state index contributed by atoms with van der Waals surface area (Å²) >= 11 is 0. The van der Waals surface area contributed by atoms with Gasteiger partial charge in [-0.2, -0.15) is 0 Å². The third kappa shape index (κ3) is 3.54. The van der Waals surface area contributed by atoms with Gasteiger partial charge in [0.15, 0.2) is 0 Å². The van der Waals surface area contributed by atoms with Crippen molar-refractivity contribution in [2.24, 2.45) is 11.8 Å². The highest BCUT2D eigenvalue weighted by Crippen LogP contribution is 2.38. The lowest BCUT2D eigenvalue weighted by atomic mass is 10.2. The van der Waals surface area contributed by atoms with Crippen LogP contribution in [0.4, 0.5) is 5.69 Å². The van der Waals surface area contributed by atoms with Gasteiger partial charge >= 0.3 is 0 Å². The number of anilines is 1. The van der Waals surface area contributed by atoms with Crippen LogP contribution in [0.15, 0.2) is 24.3 Å². The van der Waals surface area contributed by atoms with Crippen LogP contribution in [0, 0.1) is 11.8 Å². The van der Waals surface area contributed by atoms with Crippen molar-refractivity contribution in [3.8, 4) is 0 Å². The van der Waals surface area contributed by atoms with Crippen LogP contribution < -0.4 is 10.6 Å². The summed E-state index contributed by atoms with van der Waals surface area (Å²) < 4.78 is 0. The Labute approximate surface area is 112 Å². The van der Waals surface area contributed by atoms with Crippen LogP contribution >= 0.6 is 0 Å². The van der Waals surface area contributed by atoms with Crippen LogP contribution in [-0.4, -0.2) is 30.1 Å². The molecule has 0 heterocycles. The molecule has 2 atom stereocenters. The number of aliphatic hydroxyl groups excluding tert-OH is 1. The van der Waals surface area contributed by atoms with E-state index in [0.717, 1.165) is 6.42 Å². The summed E-state index contributed by atoms with van der Waals surface area (Å²) in [5.41, 5.74) is 1.09. The molecule has 1 aliphatic rings. The first kappa shape index (κ1) is 13.5. The van der Waals surface area contributed by atoms with Crippen LogP contribution in [0.25, 0.3) is 0 Å². The van der Waals surface area contributed by atoms with Gasteiger partial charge in [0.1, 0.15) is 0 Å². The number of rotatable bonds is 5. The summed E-state index contributed by atoms with van der Waals surface area (Å²) in [4.78, 5) is 23.5. The molecule has 1 saturated carbocycles. The molecule has 0 radical (unpaired) electrons. The molecule has 2 unspecified atom stereocenters. The predicted molar refractivity (Wildman–Crippen MR) is 71.8 cm³/mol. The van der Waals surface area contributed by atoms with Crippen molar-refractivity contribution in [1.29, 1.82) is 0 Å². The quantitative estimate of drug-likeness (QED) is 0.741. The maximum atomic E-state index is 11.8. The fraction of sp³-hybridized carbons (Fsp3) is 0.429. The van der Waals surface area contributed by atoms with Crippen molar-refractivity contribution in [1.82, 2.24) is 5.32 Å². The van der Waals surface area contributed by atoms with Gasteiger partial charge in [-0.05, 0) is 30.5 Å². The maximum Gasteiger partial charge on any atom is 0.251 e. The van der Waals surface area contributed by atoms with E-state index >= 15 is 0 Å². The number of nitrogens with one attached hydrogen (secondary N) is 2. The minimum atomic E-state index is -0.259. The standard InChI is InChI=1S/C14H18N2O3/c1-9-7-12(9)14(19)16-11-4-2-3-10(8-11)13(18)15-5-6-17/h2-4,8-9,12,17H,5-7H2,1H3,(H,15,18)(H,16,19). The number of carbonyl (C=O) groups excluding carboxylic acids is 2. The Hall–Kier alpha value is -1.88. The molecule has 0 bridgehead atoms. The second kappa shape index (κ2) is 5.84. The van der Waals surface area contributed by atoms with Crippen LogP contribution in [-0.2, 0) is 4.79 Å². The average Bonchev–Trinajstić information content (AvgIpc) is 3.13. The zero-order valence-corrected chi connectivity index (χ0v) is 10.8. The van der Waals surface area contributed by atoms with Crippen LogP contribution in [0.1, 0.15) is 23.7 Å². The molecular weight excluding hydrogens is 244 g/mol. The van der Waals surface area contributed by atoms with E-state index in [0.29, 0.717) is 17.2 Å². The third-order valence-corrected chi connectivity index (χ3v) is 3.24. The molecule has 3 N–H and O–H groups in total. The summed E-state index contributed by atoms with van der Waals surface area (Å²) in [5.74, 6) is 0.313. The number of amides is 2. The predicted octanol–water partition coefficient (Wildman–Crippen LogP) is 1.00. The van der Waals surface area contributed by atoms with E-state index in [-0.39, 0.29) is 30.9 Å². The number of hydrogen-bond acceptors (Lipinski definition) is 3. The largest absolute Gasteiger partial charge is 0.395 e. The van der Waals surface area contributed by atoms with E-state index in [1.807, 2.05) is 6.92 Å². The Morgan fingerprint density at radius 3 is 2.79 bits per heavy atom. The van der Waals surface area contributed by atoms with Gasteiger partial charge in [0.2, 0.25) is 5.91 Å². The highest BCUT2D eigenvalue weighted by atomic mass is 16.3. The van der Waals surface area contributed by atoms with E-state index in [4.69, 9.17) is 5.11 Å². The lowest BCUT2D eigenvalue weighted by Gasteiger charge is -2.07. The van der Waals surface area contributed by atoms with Gasteiger partial charge in [-0.3, -0.25) is 9.59 Å². The van der Waals surface area contributed by atoms with Crippen molar-refractivity contribution in [2.45, 2.75) is 13.3 Å². The first-order chi connectivity index (χ1) is 9.11. The van der Waals surface area contributed by atoms with E-state index in [2.05, 4.69) is 10.6 Å². The monoisotopic (exact) mass is 262 g/mol. The average molecular weight is 262 g/mol. The van der Waals surface area contributed by atoms with Gasteiger partial charge < -0.3 is 15.7 Å². The topological polar surface area (TPSA) is 78.4 Å². The number of hydrogen-bond donors (Lipinski definition) is 3. The molecule has 5 heteroatoms. The van der Waals surface area contributed by atoms with Crippen molar-refractivity contribution in [2.75, 3.05) is 18.5 Å². The zero-order valence-electron chi connectivity index (χ0n) is 10.8. The minimum absolute atomic E-state index is 0.0143. The third-order valence-electron chi connectivity index (χ3n) is 3.24. The molecule has 5 nitrogen and oxygen atoms in total. The summed E-state index contributed by atoms with van der Waals surface area (Å²) in [5, 5.41) is 14.0. The van der Waals surface area contributed by atoms with Crippen molar-refractivity contribution < 1.29 is 14.7 Å². The first-order valence-corrected chi connectivity index (χ1v) is 6.42. The summed E-state index contributed by atoms with van der Waals surface area (Å²) in [6.07, 6.45) is 0.933. The summed E-state index contributed by atoms with van der Waals surface area (Å²) in [6.45, 7) is 2.17. The Morgan fingerprint density at radius 2 is 2.16 bits per heavy atom. The molecule has 2 rings (SSSR count). The number of aliphatic hydroxyl groups is 1. The second-order valence-corrected chi connectivity index (χ2v) is 4.87. The Bertz CT molecular complexity index is 487. The molecular formula is C14H18N2O3. The molecule has 0 saturated heterocycles. The molecule has 0 aromatic heterocycles. The zero-order chi connectivity index (χ0) is 13.8. The molecule has 2 amide bonds. The van der Waals surface area contributed by atoms with Crippen molar-refractivity contribution in [3.05, 3.63) is 29.8 Å². The molecule has 19 heavy (non-hydrogen) atoms. The second-order valence-electron chi connectivity index (χ2n) is 4.87. The van der Waals surface area contributed by atoms with Gasteiger partial charge in [-0.25, -0.2) is 0 Å². The van der Waals surface area contributed by atoms with Gasteiger partial charge in [0, 0.05) is 23.7 Å². The number of carbonyl (C=O) groups is 2. The van der Waals surface area contributed by atoms with Crippen LogP contribution in [0.3, 0.4) is 0 Å². The Kier molecular flexibility index (Phi) is 4.16. The summed E-state index contributed by atoms with van der Waals surface area (Å²) in [6, 6.07) is 6.79. The van der Waals surface area contributed by atoms with Crippen LogP contribution in [0.5, 0.6) is 0 Å². The van der Waals surface area contributed by atoms with E-state index < -0.39 is 0 Å². The lowest BCUT2D eigenvalue weighted by Crippen LogP contribution is -2.26. The van der Waals surface area contributed by atoms with Gasteiger partial charge in [0.05, 0.1) is 6.61 Å². The highest BCUT2D eigenvalue weighted by molar-refractivity contribution is 5.98. The highest BCUT2D eigenvalue weighted by Gasteiger charge is 2.39. The molecule has 1 fully saturated rings. The van der Waals surface area contributed by atoms with Gasteiger partial charge in [-0.15, -0.1) is 0 Å². The van der Waals surface area contributed by atoms with Gasteiger partial charge in [-0.1, -0.05) is 13.0 Å².